The van der Waals surface area contributed by atoms with E-state index in [0.29, 0.717) is 18.8 Å². The Bertz CT molecular complexity index is 655. The van der Waals surface area contributed by atoms with Gasteiger partial charge in [0.15, 0.2) is 0 Å². The predicted molar refractivity (Wildman–Crippen MR) is 100 cm³/mol. The first kappa shape index (κ1) is 19.0. The SMILES string of the molecule is CC(C)c1cccc(N(C)C(=O)CCc2ccccc2N)c1.Cl. The summed E-state index contributed by atoms with van der Waals surface area (Å²) in [6, 6.07) is 15.9. The van der Waals surface area contributed by atoms with Crippen molar-refractivity contribution in [2.75, 3.05) is 17.7 Å². The molecule has 23 heavy (non-hydrogen) atoms. The van der Waals surface area contributed by atoms with E-state index in [1.54, 1.807) is 4.90 Å². The standard InChI is InChI=1S/C19H24N2O.ClH/c1-14(2)16-8-6-9-17(13-16)21(3)19(22)12-11-15-7-4-5-10-18(15)20;/h4-10,13-14H,11-12,20H2,1-3H3;1H. The lowest BCUT2D eigenvalue weighted by Crippen LogP contribution is -2.26. The van der Waals surface area contributed by atoms with Crippen molar-refractivity contribution in [3.63, 3.8) is 0 Å². The highest BCUT2D eigenvalue weighted by Crippen LogP contribution is 2.22. The van der Waals surface area contributed by atoms with Crippen LogP contribution in [0.25, 0.3) is 0 Å². The Kier molecular flexibility index (Phi) is 7.11. The summed E-state index contributed by atoms with van der Waals surface area (Å²) in [4.78, 5) is 14.1. The fraction of sp³-hybridized carbons (Fsp3) is 0.316. The summed E-state index contributed by atoms with van der Waals surface area (Å²) in [6.07, 6.45) is 1.12. The Morgan fingerprint density at radius 2 is 1.83 bits per heavy atom. The van der Waals surface area contributed by atoms with Crippen LogP contribution >= 0.6 is 12.4 Å². The summed E-state index contributed by atoms with van der Waals surface area (Å²) in [5.41, 5.74) is 9.88. The van der Waals surface area contributed by atoms with Crippen LogP contribution in [0.3, 0.4) is 0 Å². The Morgan fingerprint density at radius 1 is 1.13 bits per heavy atom. The van der Waals surface area contributed by atoms with Crippen molar-refractivity contribution in [3.05, 3.63) is 59.7 Å². The van der Waals surface area contributed by atoms with Crippen LogP contribution < -0.4 is 10.6 Å². The third-order valence-corrected chi connectivity index (χ3v) is 3.96. The van der Waals surface area contributed by atoms with Gasteiger partial charge in [0, 0.05) is 24.8 Å². The van der Waals surface area contributed by atoms with Crippen LogP contribution in [0.15, 0.2) is 48.5 Å². The Morgan fingerprint density at radius 3 is 2.48 bits per heavy atom. The summed E-state index contributed by atoms with van der Waals surface area (Å²) in [5.74, 6) is 0.553. The van der Waals surface area contributed by atoms with Crippen molar-refractivity contribution in [1.82, 2.24) is 0 Å². The van der Waals surface area contributed by atoms with Crippen LogP contribution in [0, 0.1) is 0 Å². The molecule has 0 radical (unpaired) electrons. The molecule has 0 fully saturated rings. The molecule has 0 aromatic heterocycles. The number of anilines is 2. The van der Waals surface area contributed by atoms with Crippen LogP contribution in [0.4, 0.5) is 11.4 Å². The maximum atomic E-state index is 12.4. The smallest absolute Gasteiger partial charge is 0.227 e. The summed E-state index contributed by atoms with van der Waals surface area (Å²) in [7, 11) is 1.83. The van der Waals surface area contributed by atoms with Gasteiger partial charge in [-0.05, 0) is 41.7 Å². The van der Waals surface area contributed by atoms with Gasteiger partial charge in [-0.3, -0.25) is 4.79 Å². The average molecular weight is 333 g/mol. The number of hydrogen-bond donors (Lipinski definition) is 1. The second-order valence-corrected chi connectivity index (χ2v) is 5.90. The topological polar surface area (TPSA) is 46.3 Å². The fourth-order valence-corrected chi connectivity index (χ4v) is 2.41. The molecule has 2 N–H and O–H groups in total. The van der Waals surface area contributed by atoms with Gasteiger partial charge in [0.2, 0.25) is 5.91 Å². The molecule has 2 rings (SSSR count). The second kappa shape index (κ2) is 8.59. The van der Waals surface area contributed by atoms with Crippen molar-refractivity contribution in [3.8, 4) is 0 Å². The molecule has 0 spiro atoms. The number of nitrogen functional groups attached to an aromatic ring is 1. The Hall–Kier alpha value is -2.00. The van der Waals surface area contributed by atoms with E-state index in [2.05, 4.69) is 26.0 Å². The molecule has 0 aliphatic heterocycles. The molecule has 0 aliphatic rings. The van der Waals surface area contributed by atoms with Gasteiger partial charge in [0.25, 0.3) is 0 Å². The van der Waals surface area contributed by atoms with Gasteiger partial charge in [-0.25, -0.2) is 0 Å². The van der Waals surface area contributed by atoms with E-state index in [9.17, 15) is 4.79 Å². The molecule has 1 amide bonds. The van der Waals surface area contributed by atoms with Crippen LogP contribution in [0.2, 0.25) is 0 Å². The number of halogens is 1. The zero-order chi connectivity index (χ0) is 16.1. The van der Waals surface area contributed by atoms with Gasteiger partial charge in [-0.2, -0.15) is 0 Å². The molecular weight excluding hydrogens is 308 g/mol. The summed E-state index contributed by atoms with van der Waals surface area (Å²) in [6.45, 7) is 4.30. The van der Waals surface area contributed by atoms with E-state index >= 15 is 0 Å². The molecule has 124 valence electrons. The van der Waals surface area contributed by atoms with Gasteiger partial charge in [0.1, 0.15) is 0 Å². The summed E-state index contributed by atoms with van der Waals surface area (Å²) >= 11 is 0. The first-order valence-corrected chi connectivity index (χ1v) is 7.69. The zero-order valence-corrected chi connectivity index (χ0v) is 14.8. The summed E-state index contributed by atoms with van der Waals surface area (Å²) < 4.78 is 0. The minimum atomic E-state index is 0. The number of hydrogen-bond acceptors (Lipinski definition) is 2. The van der Waals surface area contributed by atoms with Crippen LogP contribution in [-0.2, 0) is 11.2 Å². The number of para-hydroxylation sites is 1. The normalized spacial score (nSPS) is 10.3. The highest BCUT2D eigenvalue weighted by Gasteiger charge is 2.12. The molecule has 3 nitrogen and oxygen atoms in total. The van der Waals surface area contributed by atoms with Gasteiger partial charge in [-0.15, -0.1) is 12.4 Å². The van der Waals surface area contributed by atoms with Gasteiger partial charge in [0.05, 0.1) is 0 Å². The van der Waals surface area contributed by atoms with E-state index < -0.39 is 0 Å². The molecule has 0 atom stereocenters. The van der Waals surface area contributed by atoms with E-state index in [0.717, 1.165) is 16.9 Å². The molecular formula is C19H25ClN2O. The highest BCUT2D eigenvalue weighted by atomic mass is 35.5. The molecule has 4 heteroatoms. The van der Waals surface area contributed by atoms with Crippen LogP contribution in [-0.4, -0.2) is 13.0 Å². The monoisotopic (exact) mass is 332 g/mol. The number of carbonyl (C=O) groups is 1. The molecule has 0 heterocycles. The zero-order valence-electron chi connectivity index (χ0n) is 14.0. The quantitative estimate of drug-likeness (QED) is 0.824. The first-order valence-electron chi connectivity index (χ1n) is 7.69. The number of nitrogens with zero attached hydrogens (tertiary/aromatic N) is 1. The van der Waals surface area contributed by atoms with Crippen molar-refractivity contribution >= 4 is 29.7 Å². The van der Waals surface area contributed by atoms with E-state index in [1.165, 1.54) is 5.56 Å². The van der Waals surface area contributed by atoms with E-state index in [-0.39, 0.29) is 18.3 Å². The van der Waals surface area contributed by atoms with Crippen molar-refractivity contribution < 1.29 is 4.79 Å². The Balaban J connectivity index is 0.00000264. The number of benzene rings is 2. The number of carbonyl (C=O) groups excluding carboxylic acids is 1. The lowest BCUT2D eigenvalue weighted by Gasteiger charge is -2.19. The second-order valence-electron chi connectivity index (χ2n) is 5.90. The lowest BCUT2D eigenvalue weighted by molar-refractivity contribution is -0.118. The highest BCUT2D eigenvalue weighted by molar-refractivity contribution is 5.93. The average Bonchev–Trinajstić information content (AvgIpc) is 2.53. The lowest BCUT2D eigenvalue weighted by atomic mass is 10.0. The fourth-order valence-electron chi connectivity index (χ4n) is 2.41. The molecule has 2 aromatic carbocycles. The van der Waals surface area contributed by atoms with E-state index in [1.807, 2.05) is 43.4 Å². The van der Waals surface area contributed by atoms with Gasteiger partial charge < -0.3 is 10.6 Å². The minimum Gasteiger partial charge on any atom is -0.399 e. The third kappa shape index (κ3) is 5.00. The number of aryl methyl sites for hydroxylation is 1. The minimum absolute atomic E-state index is 0. The van der Waals surface area contributed by atoms with Gasteiger partial charge >= 0.3 is 0 Å². The molecule has 2 aromatic rings. The Labute approximate surface area is 144 Å². The first-order chi connectivity index (χ1) is 10.5. The number of rotatable bonds is 5. The number of nitrogens with two attached hydrogens (primary N) is 1. The van der Waals surface area contributed by atoms with E-state index in [4.69, 9.17) is 5.73 Å². The van der Waals surface area contributed by atoms with Crippen molar-refractivity contribution in [1.29, 1.82) is 0 Å². The maximum Gasteiger partial charge on any atom is 0.227 e. The number of amides is 1. The molecule has 0 bridgehead atoms. The third-order valence-electron chi connectivity index (χ3n) is 3.96. The maximum absolute atomic E-state index is 12.4. The van der Waals surface area contributed by atoms with Gasteiger partial charge in [-0.1, -0.05) is 44.2 Å². The largest absolute Gasteiger partial charge is 0.399 e. The summed E-state index contributed by atoms with van der Waals surface area (Å²) in [5, 5.41) is 0. The van der Waals surface area contributed by atoms with Crippen LogP contribution in [0.1, 0.15) is 37.3 Å². The van der Waals surface area contributed by atoms with Crippen molar-refractivity contribution in [2.24, 2.45) is 0 Å². The van der Waals surface area contributed by atoms with Crippen LogP contribution in [0.5, 0.6) is 0 Å². The molecule has 0 unspecified atom stereocenters. The molecule has 0 saturated carbocycles. The predicted octanol–water partition coefficient (Wildman–Crippen LogP) is 4.41. The molecule has 0 aliphatic carbocycles. The van der Waals surface area contributed by atoms with Crippen molar-refractivity contribution in [2.45, 2.75) is 32.6 Å². The molecule has 0 saturated heterocycles.